The Kier molecular flexibility index (Phi) is 11.6. The number of thioether (sulfide) groups is 1. The molecule has 0 saturated carbocycles. The van der Waals surface area contributed by atoms with Gasteiger partial charge in [-0.1, -0.05) is 62.2 Å². The summed E-state index contributed by atoms with van der Waals surface area (Å²) in [4.78, 5) is 29.1. The van der Waals surface area contributed by atoms with Crippen LogP contribution in [0.15, 0.2) is 84.0 Å². The molecule has 1 amide bonds. The van der Waals surface area contributed by atoms with Crippen LogP contribution in [0.4, 0.5) is 5.69 Å². The summed E-state index contributed by atoms with van der Waals surface area (Å²) in [6, 6.07) is 22.0. The van der Waals surface area contributed by atoms with Crippen molar-refractivity contribution >= 4 is 29.1 Å². The Morgan fingerprint density at radius 3 is 2.31 bits per heavy atom. The van der Waals surface area contributed by atoms with E-state index in [1.165, 1.54) is 4.90 Å². The number of pyridine rings is 1. The molecule has 2 aromatic carbocycles. The van der Waals surface area contributed by atoms with Crippen LogP contribution >= 0.6 is 11.8 Å². The van der Waals surface area contributed by atoms with Crippen molar-refractivity contribution in [1.29, 1.82) is 0 Å². The van der Waals surface area contributed by atoms with Gasteiger partial charge in [-0.3, -0.25) is 14.6 Å². The summed E-state index contributed by atoms with van der Waals surface area (Å²) in [6.07, 6.45) is 9.29. The van der Waals surface area contributed by atoms with Crippen LogP contribution in [-0.2, 0) is 19.1 Å². The maximum Gasteiger partial charge on any atom is 0.224 e. The lowest BCUT2D eigenvalue weighted by molar-refractivity contribution is -0.245. The maximum atomic E-state index is 12.4. The number of nitrogens with zero attached hydrogens (tertiary/aromatic N) is 1. The average Bonchev–Trinajstić information content (AvgIpc) is 2.99. The number of Topliss-reactive ketones (excluding diaryl/α,β-unsaturated/α-hetero) is 1. The Balaban J connectivity index is 1.30. The van der Waals surface area contributed by atoms with Crippen molar-refractivity contribution in [2.45, 2.75) is 81.7 Å². The van der Waals surface area contributed by atoms with Crippen LogP contribution in [-0.4, -0.2) is 28.5 Å². The van der Waals surface area contributed by atoms with Gasteiger partial charge in [-0.05, 0) is 42.7 Å². The molecule has 4 rings (SSSR count). The third-order valence-electron chi connectivity index (χ3n) is 6.81. The van der Waals surface area contributed by atoms with Crippen molar-refractivity contribution in [3.8, 4) is 0 Å². The first-order valence-corrected chi connectivity index (χ1v) is 14.9. The first kappa shape index (κ1) is 29.0. The quantitative estimate of drug-likeness (QED) is 0.165. The zero-order valence-electron chi connectivity index (χ0n) is 22.6. The van der Waals surface area contributed by atoms with Crippen LogP contribution in [0.5, 0.6) is 0 Å². The number of benzene rings is 2. The zero-order valence-corrected chi connectivity index (χ0v) is 23.4. The number of hydrogen-bond donors (Lipinski definition) is 1. The molecule has 2 heterocycles. The molecule has 6 nitrogen and oxygen atoms in total. The minimum absolute atomic E-state index is 0.0200. The van der Waals surface area contributed by atoms with Gasteiger partial charge < -0.3 is 14.8 Å². The number of hydrogen-bond acceptors (Lipinski definition) is 6. The van der Waals surface area contributed by atoms with Gasteiger partial charge in [0.1, 0.15) is 5.78 Å². The first-order chi connectivity index (χ1) is 19.1. The van der Waals surface area contributed by atoms with Gasteiger partial charge in [-0.2, -0.15) is 0 Å². The molecule has 0 bridgehead atoms. The van der Waals surface area contributed by atoms with E-state index in [1.54, 1.807) is 24.2 Å². The summed E-state index contributed by atoms with van der Waals surface area (Å²) >= 11 is 1.76. The number of rotatable bonds is 14. The van der Waals surface area contributed by atoms with Gasteiger partial charge in [0.05, 0.1) is 12.2 Å². The van der Waals surface area contributed by atoms with Gasteiger partial charge in [0.2, 0.25) is 5.91 Å². The molecule has 1 N–H and O–H groups in total. The van der Waals surface area contributed by atoms with E-state index >= 15 is 0 Å². The van der Waals surface area contributed by atoms with E-state index in [1.807, 2.05) is 73.7 Å². The Morgan fingerprint density at radius 2 is 1.59 bits per heavy atom. The fourth-order valence-electron chi connectivity index (χ4n) is 4.56. The number of ketones is 1. The molecule has 7 heteroatoms. The molecule has 0 spiro atoms. The monoisotopic (exact) mass is 546 g/mol. The molecule has 1 aliphatic heterocycles. The van der Waals surface area contributed by atoms with Gasteiger partial charge in [0.15, 0.2) is 6.29 Å². The molecule has 206 valence electrons. The highest BCUT2D eigenvalue weighted by molar-refractivity contribution is 7.99. The lowest BCUT2D eigenvalue weighted by Crippen LogP contribution is -2.31. The maximum absolute atomic E-state index is 12.4. The molecule has 1 saturated heterocycles. The van der Waals surface area contributed by atoms with Crippen molar-refractivity contribution in [2.75, 3.05) is 11.1 Å². The number of carbonyl (C=O) groups is 2. The highest BCUT2D eigenvalue weighted by Gasteiger charge is 2.32. The SMILES string of the molecule is CCC(=O)CCCCCCC(=O)Nc1ccc(C2CC(CSc3ccncc3)OC(c3ccccc3)O2)cc1. The Labute approximate surface area is 235 Å². The van der Waals surface area contributed by atoms with E-state index in [2.05, 4.69) is 10.3 Å². The third kappa shape index (κ3) is 9.60. The highest BCUT2D eigenvalue weighted by atomic mass is 32.2. The highest BCUT2D eigenvalue weighted by Crippen LogP contribution is 2.39. The standard InChI is InChI=1S/C32H38N2O4S/c1-2-27(35)12-8-3-4-9-13-31(36)34-26-16-14-24(15-17-26)30-22-28(23-39-29-18-20-33-21-19-29)37-32(38-30)25-10-6-5-7-11-25/h5-7,10-11,14-21,28,30,32H,2-4,8-9,12-13,22-23H2,1H3,(H,34,36). The van der Waals surface area contributed by atoms with Crippen LogP contribution in [0, 0.1) is 0 Å². The fraction of sp³-hybridized carbons (Fsp3) is 0.406. The molecule has 3 atom stereocenters. The number of anilines is 1. The van der Waals surface area contributed by atoms with Crippen molar-refractivity contribution in [3.63, 3.8) is 0 Å². The number of aromatic nitrogens is 1. The molecule has 1 aromatic heterocycles. The number of carbonyl (C=O) groups excluding carboxylic acids is 2. The van der Waals surface area contributed by atoms with Gasteiger partial charge in [-0.25, -0.2) is 0 Å². The predicted molar refractivity (Wildman–Crippen MR) is 156 cm³/mol. The second-order valence-corrected chi connectivity index (χ2v) is 10.9. The lowest BCUT2D eigenvalue weighted by atomic mass is 10.0. The second-order valence-electron chi connectivity index (χ2n) is 9.83. The summed E-state index contributed by atoms with van der Waals surface area (Å²) in [5.41, 5.74) is 2.86. The molecular formula is C32H38N2O4S. The van der Waals surface area contributed by atoms with Crippen molar-refractivity contribution in [1.82, 2.24) is 4.98 Å². The lowest BCUT2D eigenvalue weighted by Gasteiger charge is -2.36. The minimum Gasteiger partial charge on any atom is -0.344 e. The van der Waals surface area contributed by atoms with E-state index in [0.717, 1.165) is 54.7 Å². The molecule has 1 aliphatic rings. The van der Waals surface area contributed by atoms with Crippen molar-refractivity contribution in [3.05, 3.63) is 90.3 Å². The fourth-order valence-corrected chi connectivity index (χ4v) is 5.47. The average molecular weight is 547 g/mol. The zero-order chi connectivity index (χ0) is 27.3. The molecule has 39 heavy (non-hydrogen) atoms. The first-order valence-electron chi connectivity index (χ1n) is 13.9. The largest absolute Gasteiger partial charge is 0.344 e. The van der Waals surface area contributed by atoms with Gasteiger partial charge in [-0.15, -0.1) is 11.8 Å². The van der Waals surface area contributed by atoms with E-state index in [-0.39, 0.29) is 18.1 Å². The smallest absolute Gasteiger partial charge is 0.224 e. The Morgan fingerprint density at radius 1 is 0.872 bits per heavy atom. The van der Waals surface area contributed by atoms with Crippen molar-refractivity contribution < 1.29 is 19.1 Å². The Hall–Kier alpha value is -3.00. The molecule has 3 unspecified atom stereocenters. The summed E-state index contributed by atoms with van der Waals surface area (Å²) in [5.74, 6) is 1.15. The Bertz CT molecular complexity index is 1160. The molecule has 1 fully saturated rings. The van der Waals surface area contributed by atoms with Gasteiger partial charge >= 0.3 is 0 Å². The molecular weight excluding hydrogens is 508 g/mol. The van der Waals surface area contributed by atoms with Crippen molar-refractivity contribution in [2.24, 2.45) is 0 Å². The van der Waals surface area contributed by atoms with Gasteiger partial charge in [0, 0.05) is 60.0 Å². The van der Waals surface area contributed by atoms with Crippen LogP contribution in [0.3, 0.4) is 0 Å². The van der Waals surface area contributed by atoms with E-state index in [0.29, 0.717) is 25.0 Å². The van der Waals surface area contributed by atoms with Crippen LogP contribution in [0.25, 0.3) is 0 Å². The number of nitrogens with one attached hydrogen (secondary N) is 1. The van der Waals surface area contributed by atoms with Crippen LogP contribution < -0.4 is 5.32 Å². The molecule has 0 radical (unpaired) electrons. The number of amides is 1. The van der Waals surface area contributed by atoms with E-state index in [4.69, 9.17) is 9.47 Å². The second kappa shape index (κ2) is 15.6. The predicted octanol–water partition coefficient (Wildman–Crippen LogP) is 7.68. The topological polar surface area (TPSA) is 77.5 Å². The summed E-state index contributed by atoms with van der Waals surface area (Å²) in [5, 5.41) is 3.01. The molecule has 0 aliphatic carbocycles. The minimum atomic E-state index is -0.438. The molecule has 3 aromatic rings. The summed E-state index contributed by atoms with van der Waals surface area (Å²) in [6.45, 7) is 1.90. The number of unbranched alkanes of at least 4 members (excludes halogenated alkanes) is 3. The number of ether oxygens (including phenoxy) is 2. The van der Waals surface area contributed by atoms with E-state index in [9.17, 15) is 9.59 Å². The third-order valence-corrected chi connectivity index (χ3v) is 7.95. The normalized spacial score (nSPS) is 18.9. The van der Waals surface area contributed by atoms with Crippen LogP contribution in [0.2, 0.25) is 0 Å². The van der Waals surface area contributed by atoms with E-state index < -0.39 is 6.29 Å². The summed E-state index contributed by atoms with van der Waals surface area (Å²) in [7, 11) is 0. The van der Waals surface area contributed by atoms with Gasteiger partial charge in [0.25, 0.3) is 0 Å². The van der Waals surface area contributed by atoms with Crippen LogP contribution in [0.1, 0.15) is 81.8 Å². The summed E-state index contributed by atoms with van der Waals surface area (Å²) < 4.78 is 12.8.